The van der Waals surface area contributed by atoms with Crippen molar-refractivity contribution < 1.29 is 19.7 Å². The molecule has 2 aromatic carbocycles. The molecule has 0 unspecified atom stereocenters. The lowest BCUT2D eigenvalue weighted by molar-refractivity contribution is 0.305. The second kappa shape index (κ2) is 11.8. The van der Waals surface area contributed by atoms with Crippen LogP contribution in [0.1, 0.15) is 36.8 Å². The van der Waals surface area contributed by atoms with Crippen LogP contribution < -0.4 is 9.47 Å². The summed E-state index contributed by atoms with van der Waals surface area (Å²) in [5, 5.41) is 20.1. The molecule has 0 aliphatic heterocycles. The molecule has 0 saturated heterocycles. The molecule has 0 spiro atoms. The molecule has 0 aliphatic carbocycles. The highest BCUT2D eigenvalue weighted by Crippen LogP contribution is 2.29. The Hall–Kier alpha value is -2.88. The largest absolute Gasteiger partial charge is 0.504 e. The normalized spacial score (nSPS) is 10.4. The zero-order valence-electron chi connectivity index (χ0n) is 16.4. The number of hydrogen-bond acceptors (Lipinski definition) is 4. The van der Waals surface area contributed by atoms with Crippen LogP contribution in [0.15, 0.2) is 61.7 Å². The molecule has 28 heavy (non-hydrogen) atoms. The van der Waals surface area contributed by atoms with E-state index in [2.05, 4.69) is 13.2 Å². The van der Waals surface area contributed by atoms with Crippen LogP contribution in [-0.4, -0.2) is 23.4 Å². The average molecular weight is 383 g/mol. The lowest BCUT2D eigenvalue weighted by Crippen LogP contribution is -1.97. The number of phenols is 2. The van der Waals surface area contributed by atoms with E-state index in [9.17, 15) is 10.2 Å². The van der Waals surface area contributed by atoms with Crippen LogP contribution in [0.5, 0.6) is 23.0 Å². The van der Waals surface area contributed by atoms with Gasteiger partial charge in [-0.3, -0.25) is 0 Å². The van der Waals surface area contributed by atoms with Gasteiger partial charge in [0.15, 0.2) is 23.0 Å². The summed E-state index contributed by atoms with van der Waals surface area (Å²) in [6, 6.07) is 11.1. The van der Waals surface area contributed by atoms with Crippen LogP contribution in [0, 0.1) is 0 Å². The Morgan fingerprint density at radius 1 is 0.714 bits per heavy atom. The number of aryl methyl sites for hydroxylation is 2. The molecule has 0 heterocycles. The number of hydrogen-bond donors (Lipinski definition) is 2. The van der Waals surface area contributed by atoms with Gasteiger partial charge < -0.3 is 19.7 Å². The van der Waals surface area contributed by atoms with Gasteiger partial charge >= 0.3 is 0 Å². The summed E-state index contributed by atoms with van der Waals surface area (Å²) < 4.78 is 11.0. The summed E-state index contributed by atoms with van der Waals surface area (Å²) >= 11 is 0. The van der Waals surface area contributed by atoms with Gasteiger partial charge in [0.2, 0.25) is 0 Å². The van der Waals surface area contributed by atoms with Crippen LogP contribution in [0.3, 0.4) is 0 Å². The van der Waals surface area contributed by atoms with Crippen molar-refractivity contribution in [2.24, 2.45) is 0 Å². The molecule has 0 atom stereocenters. The fraction of sp³-hybridized carbons (Fsp3) is 0.333. The molecule has 0 amide bonds. The first-order valence-corrected chi connectivity index (χ1v) is 9.75. The smallest absolute Gasteiger partial charge is 0.160 e. The fourth-order valence-electron chi connectivity index (χ4n) is 2.84. The molecule has 4 heteroatoms. The van der Waals surface area contributed by atoms with E-state index in [1.165, 1.54) is 0 Å². The van der Waals surface area contributed by atoms with Gasteiger partial charge in [-0.05, 0) is 73.9 Å². The third kappa shape index (κ3) is 7.03. The molecule has 0 radical (unpaired) electrons. The lowest BCUT2D eigenvalue weighted by atomic mass is 10.0. The number of rotatable bonds is 13. The Morgan fingerprint density at radius 2 is 1.14 bits per heavy atom. The molecule has 4 nitrogen and oxygen atoms in total. The fourth-order valence-corrected chi connectivity index (χ4v) is 2.84. The second-order valence-electron chi connectivity index (χ2n) is 6.66. The van der Waals surface area contributed by atoms with Gasteiger partial charge in [0.1, 0.15) is 0 Å². The number of phenolic OH excluding ortho intramolecular Hbond substituents is 2. The summed E-state index contributed by atoms with van der Waals surface area (Å²) in [5.74, 6) is 1.38. The third-order valence-corrected chi connectivity index (χ3v) is 4.39. The van der Waals surface area contributed by atoms with E-state index in [4.69, 9.17) is 9.47 Å². The Labute approximate surface area is 167 Å². The Kier molecular flexibility index (Phi) is 8.99. The summed E-state index contributed by atoms with van der Waals surface area (Å²) in [5.41, 5.74) is 2.17. The van der Waals surface area contributed by atoms with Gasteiger partial charge in [-0.15, -0.1) is 13.2 Å². The van der Waals surface area contributed by atoms with Crippen LogP contribution in [0.2, 0.25) is 0 Å². The predicted octanol–water partition coefficient (Wildman–Crippen LogP) is 5.57. The SMILES string of the molecule is C=CCCOc1ccc(CCCCc2ccc(OCCC=C)c(O)c2)cc1O. The Morgan fingerprint density at radius 3 is 1.50 bits per heavy atom. The van der Waals surface area contributed by atoms with E-state index < -0.39 is 0 Å². The van der Waals surface area contributed by atoms with Crippen molar-refractivity contribution in [1.82, 2.24) is 0 Å². The highest BCUT2D eigenvalue weighted by Gasteiger charge is 2.06. The van der Waals surface area contributed by atoms with Gasteiger partial charge in [0.05, 0.1) is 13.2 Å². The maximum atomic E-state index is 10.1. The number of ether oxygens (including phenoxy) is 2. The van der Waals surface area contributed by atoms with E-state index in [1.54, 1.807) is 24.3 Å². The van der Waals surface area contributed by atoms with Crippen molar-refractivity contribution >= 4 is 0 Å². The van der Waals surface area contributed by atoms with Crippen molar-refractivity contribution in [2.45, 2.75) is 38.5 Å². The Bertz CT molecular complexity index is 702. The zero-order chi connectivity index (χ0) is 20.2. The van der Waals surface area contributed by atoms with Gasteiger partial charge in [-0.1, -0.05) is 24.3 Å². The molecule has 0 bridgehead atoms. The highest BCUT2D eigenvalue weighted by molar-refractivity contribution is 5.42. The maximum absolute atomic E-state index is 10.1. The highest BCUT2D eigenvalue weighted by atomic mass is 16.5. The molecular formula is C24H30O4. The van der Waals surface area contributed by atoms with E-state index in [0.717, 1.165) is 49.7 Å². The summed E-state index contributed by atoms with van der Waals surface area (Å²) in [7, 11) is 0. The van der Waals surface area contributed by atoms with E-state index >= 15 is 0 Å². The van der Waals surface area contributed by atoms with E-state index in [1.807, 2.05) is 24.3 Å². The lowest BCUT2D eigenvalue weighted by Gasteiger charge is -2.10. The molecule has 150 valence electrons. The molecule has 2 aromatic rings. The minimum atomic E-state index is 0.179. The molecule has 0 aromatic heterocycles. The van der Waals surface area contributed by atoms with Crippen molar-refractivity contribution in [2.75, 3.05) is 13.2 Å². The van der Waals surface area contributed by atoms with E-state index in [-0.39, 0.29) is 11.5 Å². The van der Waals surface area contributed by atoms with Gasteiger partial charge in [0.25, 0.3) is 0 Å². The van der Waals surface area contributed by atoms with Crippen molar-refractivity contribution in [1.29, 1.82) is 0 Å². The third-order valence-electron chi connectivity index (χ3n) is 4.39. The van der Waals surface area contributed by atoms with Crippen LogP contribution in [-0.2, 0) is 12.8 Å². The standard InChI is InChI=1S/C24H30O4/c1-3-5-15-27-23-13-11-19(17-21(23)25)9-7-8-10-20-12-14-24(22(26)18-20)28-16-6-4-2/h3-4,11-14,17-18,25-26H,1-2,5-10,15-16H2. The van der Waals surface area contributed by atoms with Gasteiger partial charge in [-0.25, -0.2) is 0 Å². The minimum absolute atomic E-state index is 0.179. The van der Waals surface area contributed by atoms with Crippen LogP contribution in [0.25, 0.3) is 0 Å². The summed E-state index contributed by atoms with van der Waals surface area (Å²) in [6.45, 7) is 8.33. The zero-order valence-corrected chi connectivity index (χ0v) is 16.4. The maximum Gasteiger partial charge on any atom is 0.160 e. The predicted molar refractivity (Wildman–Crippen MR) is 113 cm³/mol. The molecule has 0 fully saturated rings. The minimum Gasteiger partial charge on any atom is -0.504 e. The van der Waals surface area contributed by atoms with Gasteiger partial charge in [-0.2, -0.15) is 0 Å². The number of benzene rings is 2. The summed E-state index contributed by atoms with van der Waals surface area (Å²) in [4.78, 5) is 0. The Balaban J connectivity index is 1.76. The van der Waals surface area contributed by atoms with Crippen molar-refractivity contribution in [3.63, 3.8) is 0 Å². The average Bonchev–Trinajstić information content (AvgIpc) is 2.69. The second-order valence-corrected chi connectivity index (χ2v) is 6.66. The number of unbranched alkanes of at least 4 members (excludes halogenated alkanes) is 1. The quantitative estimate of drug-likeness (QED) is 0.351. The van der Waals surface area contributed by atoms with Crippen molar-refractivity contribution in [3.8, 4) is 23.0 Å². The first kappa shape index (κ1) is 21.4. The van der Waals surface area contributed by atoms with Gasteiger partial charge in [0, 0.05) is 0 Å². The molecule has 0 saturated carbocycles. The topological polar surface area (TPSA) is 58.9 Å². The van der Waals surface area contributed by atoms with Crippen molar-refractivity contribution in [3.05, 3.63) is 72.8 Å². The van der Waals surface area contributed by atoms with Crippen LogP contribution in [0.4, 0.5) is 0 Å². The van der Waals surface area contributed by atoms with E-state index in [0.29, 0.717) is 24.7 Å². The molecule has 2 rings (SSSR count). The first-order valence-electron chi connectivity index (χ1n) is 9.75. The van der Waals surface area contributed by atoms with Crippen LogP contribution >= 0.6 is 0 Å². The first-order chi connectivity index (χ1) is 13.6. The monoisotopic (exact) mass is 382 g/mol. The summed E-state index contributed by atoms with van der Waals surface area (Å²) in [6.07, 6.45) is 8.83. The molecule has 0 aliphatic rings. The molecular weight excluding hydrogens is 352 g/mol. The number of aromatic hydroxyl groups is 2. The molecule has 2 N–H and O–H groups in total.